The van der Waals surface area contributed by atoms with Crippen molar-refractivity contribution in [2.75, 3.05) is 31.8 Å². The fourth-order valence-corrected chi connectivity index (χ4v) is 2.90. The second kappa shape index (κ2) is 9.07. The minimum atomic E-state index is 0.207. The summed E-state index contributed by atoms with van der Waals surface area (Å²) in [6.07, 6.45) is 3.76. The Labute approximate surface area is 164 Å². The molecule has 0 aliphatic heterocycles. The summed E-state index contributed by atoms with van der Waals surface area (Å²) < 4.78 is 16.8. The molecule has 8 nitrogen and oxygen atoms in total. The maximum absolute atomic E-state index is 6.08. The molecular formula is C20H25N5O3. The number of hydrogen-bond acceptors (Lipinski definition) is 8. The molecule has 2 aromatic heterocycles. The Morgan fingerprint density at radius 1 is 1.07 bits per heavy atom. The largest absolute Gasteiger partial charge is 0.493 e. The first kappa shape index (κ1) is 19.5. The van der Waals surface area contributed by atoms with Crippen molar-refractivity contribution in [3.05, 3.63) is 36.2 Å². The molecule has 3 aromatic rings. The van der Waals surface area contributed by atoms with Gasteiger partial charge in [-0.2, -0.15) is 4.98 Å². The fourth-order valence-electron chi connectivity index (χ4n) is 2.90. The van der Waals surface area contributed by atoms with Crippen LogP contribution in [-0.4, -0.2) is 35.7 Å². The second-order valence-corrected chi connectivity index (χ2v) is 6.14. The average Bonchev–Trinajstić information content (AvgIpc) is 2.71. The number of pyridine rings is 1. The molecule has 8 heteroatoms. The number of nitrogens with two attached hydrogens (primary N) is 1. The van der Waals surface area contributed by atoms with Crippen LogP contribution in [0.1, 0.15) is 25.5 Å². The molecule has 0 unspecified atom stereocenters. The Hall–Kier alpha value is -3.29. The van der Waals surface area contributed by atoms with Crippen LogP contribution in [0.25, 0.3) is 10.9 Å². The van der Waals surface area contributed by atoms with E-state index in [0.717, 1.165) is 30.3 Å². The number of unbranched alkanes of at least 4 members (excludes halogenated alkanes) is 1. The molecule has 0 saturated heterocycles. The number of aromatic nitrogens is 3. The van der Waals surface area contributed by atoms with Crippen molar-refractivity contribution in [2.45, 2.75) is 26.4 Å². The molecule has 1 aromatic carbocycles. The van der Waals surface area contributed by atoms with Crippen molar-refractivity contribution < 1.29 is 14.2 Å². The summed E-state index contributed by atoms with van der Waals surface area (Å²) in [5.41, 5.74) is 7.22. The van der Waals surface area contributed by atoms with E-state index < -0.39 is 0 Å². The van der Waals surface area contributed by atoms with Crippen LogP contribution in [-0.2, 0) is 6.61 Å². The molecule has 0 radical (unpaired) electrons. The van der Waals surface area contributed by atoms with E-state index >= 15 is 0 Å². The van der Waals surface area contributed by atoms with Crippen LogP contribution >= 0.6 is 0 Å². The summed E-state index contributed by atoms with van der Waals surface area (Å²) in [6.45, 7) is 3.14. The predicted molar refractivity (Wildman–Crippen MR) is 109 cm³/mol. The SMILES string of the molecule is CCCCNc1nc(N)nc2cccc(OCc3nccc(OC)c3OC)c12. The molecule has 0 fully saturated rings. The van der Waals surface area contributed by atoms with Gasteiger partial charge in [-0.15, -0.1) is 0 Å². The summed E-state index contributed by atoms with van der Waals surface area (Å²) in [7, 11) is 3.16. The molecule has 3 rings (SSSR count). The molecule has 148 valence electrons. The fraction of sp³-hybridized carbons (Fsp3) is 0.350. The third-order valence-corrected chi connectivity index (χ3v) is 4.26. The highest BCUT2D eigenvalue weighted by atomic mass is 16.5. The van der Waals surface area contributed by atoms with Crippen LogP contribution in [0.4, 0.5) is 11.8 Å². The van der Waals surface area contributed by atoms with Gasteiger partial charge in [-0.25, -0.2) is 4.98 Å². The Balaban J connectivity index is 1.93. The molecule has 0 saturated carbocycles. The van der Waals surface area contributed by atoms with Gasteiger partial charge in [0.1, 0.15) is 23.9 Å². The lowest BCUT2D eigenvalue weighted by molar-refractivity contribution is 0.287. The second-order valence-electron chi connectivity index (χ2n) is 6.14. The van der Waals surface area contributed by atoms with E-state index in [1.807, 2.05) is 18.2 Å². The van der Waals surface area contributed by atoms with Gasteiger partial charge in [0.25, 0.3) is 0 Å². The van der Waals surface area contributed by atoms with Gasteiger partial charge < -0.3 is 25.3 Å². The molecule has 0 aliphatic carbocycles. The van der Waals surface area contributed by atoms with E-state index in [0.29, 0.717) is 28.8 Å². The topological polar surface area (TPSA) is 104 Å². The lowest BCUT2D eigenvalue weighted by atomic mass is 10.2. The van der Waals surface area contributed by atoms with Crippen LogP contribution in [0.2, 0.25) is 0 Å². The van der Waals surface area contributed by atoms with Crippen LogP contribution < -0.4 is 25.3 Å². The first-order valence-corrected chi connectivity index (χ1v) is 9.16. The van der Waals surface area contributed by atoms with Gasteiger partial charge in [-0.3, -0.25) is 4.98 Å². The van der Waals surface area contributed by atoms with E-state index in [9.17, 15) is 0 Å². The summed E-state index contributed by atoms with van der Waals surface area (Å²) in [4.78, 5) is 13.0. The zero-order valence-electron chi connectivity index (χ0n) is 16.4. The molecule has 0 bridgehead atoms. The molecule has 3 N–H and O–H groups in total. The number of hydrogen-bond donors (Lipinski definition) is 2. The van der Waals surface area contributed by atoms with Gasteiger partial charge in [0.2, 0.25) is 5.95 Å². The van der Waals surface area contributed by atoms with Gasteiger partial charge in [0.15, 0.2) is 11.5 Å². The Morgan fingerprint density at radius 3 is 2.68 bits per heavy atom. The lowest BCUT2D eigenvalue weighted by Crippen LogP contribution is -2.08. The third kappa shape index (κ3) is 4.16. The molecule has 28 heavy (non-hydrogen) atoms. The number of nitrogens with one attached hydrogen (secondary N) is 1. The van der Waals surface area contributed by atoms with Crippen LogP contribution in [0.15, 0.2) is 30.5 Å². The van der Waals surface area contributed by atoms with Crippen molar-refractivity contribution in [1.29, 1.82) is 0 Å². The number of fused-ring (bicyclic) bond motifs is 1. The number of methoxy groups -OCH3 is 2. The number of benzene rings is 1. The summed E-state index contributed by atoms with van der Waals surface area (Å²) in [5, 5.41) is 4.12. The van der Waals surface area contributed by atoms with Gasteiger partial charge in [0, 0.05) is 18.8 Å². The quantitative estimate of drug-likeness (QED) is 0.542. The Morgan fingerprint density at radius 2 is 1.93 bits per heavy atom. The smallest absolute Gasteiger partial charge is 0.222 e. The number of anilines is 2. The van der Waals surface area contributed by atoms with Gasteiger partial charge in [0.05, 0.1) is 25.1 Å². The number of nitrogens with zero attached hydrogens (tertiary/aromatic N) is 3. The normalized spacial score (nSPS) is 10.7. The van der Waals surface area contributed by atoms with Crippen molar-refractivity contribution in [1.82, 2.24) is 15.0 Å². The molecule has 2 heterocycles. The zero-order chi connectivity index (χ0) is 19.9. The molecule has 0 amide bonds. The maximum atomic E-state index is 6.08. The number of nitrogen functional groups attached to an aromatic ring is 1. The standard InChI is InChI=1S/C20H25N5O3/c1-4-5-10-23-19-17-13(24-20(21)25-19)7-6-8-15(17)28-12-14-18(27-3)16(26-2)9-11-22-14/h6-9,11H,4-5,10,12H2,1-3H3,(H3,21,23,24,25). The molecular weight excluding hydrogens is 358 g/mol. The van der Waals surface area contributed by atoms with Crippen molar-refractivity contribution in [3.8, 4) is 17.2 Å². The van der Waals surface area contributed by atoms with E-state index in [1.165, 1.54) is 0 Å². The van der Waals surface area contributed by atoms with Crippen molar-refractivity contribution in [3.63, 3.8) is 0 Å². The third-order valence-electron chi connectivity index (χ3n) is 4.26. The number of rotatable bonds is 9. The predicted octanol–water partition coefficient (Wildman–Crippen LogP) is 3.42. The van der Waals surface area contributed by atoms with E-state index in [2.05, 4.69) is 27.2 Å². The average molecular weight is 383 g/mol. The van der Waals surface area contributed by atoms with Gasteiger partial charge in [-0.05, 0) is 18.6 Å². The monoisotopic (exact) mass is 383 g/mol. The number of ether oxygens (including phenoxy) is 3. The zero-order valence-corrected chi connectivity index (χ0v) is 16.4. The van der Waals surface area contributed by atoms with Crippen LogP contribution in [0.5, 0.6) is 17.2 Å². The van der Waals surface area contributed by atoms with Gasteiger partial charge in [-0.1, -0.05) is 19.4 Å². The highest BCUT2D eigenvalue weighted by Crippen LogP contribution is 2.33. The first-order valence-electron chi connectivity index (χ1n) is 9.16. The lowest BCUT2D eigenvalue weighted by Gasteiger charge is -2.15. The Bertz CT molecular complexity index is 949. The van der Waals surface area contributed by atoms with Crippen LogP contribution in [0.3, 0.4) is 0 Å². The van der Waals surface area contributed by atoms with Crippen molar-refractivity contribution in [2.24, 2.45) is 0 Å². The van der Waals surface area contributed by atoms with Crippen LogP contribution in [0, 0.1) is 0 Å². The summed E-state index contributed by atoms with van der Waals surface area (Å²) in [5.74, 6) is 2.68. The molecule has 0 spiro atoms. The van der Waals surface area contributed by atoms with E-state index in [1.54, 1.807) is 26.5 Å². The molecule has 0 atom stereocenters. The maximum Gasteiger partial charge on any atom is 0.222 e. The minimum absolute atomic E-state index is 0.207. The van der Waals surface area contributed by atoms with E-state index in [-0.39, 0.29) is 12.6 Å². The van der Waals surface area contributed by atoms with E-state index in [4.69, 9.17) is 19.9 Å². The summed E-state index contributed by atoms with van der Waals surface area (Å²) >= 11 is 0. The first-order chi connectivity index (χ1) is 13.7. The Kier molecular flexibility index (Phi) is 6.31. The van der Waals surface area contributed by atoms with Crippen molar-refractivity contribution >= 4 is 22.7 Å². The molecule has 0 aliphatic rings. The minimum Gasteiger partial charge on any atom is -0.493 e. The summed E-state index contributed by atoms with van der Waals surface area (Å²) in [6, 6.07) is 7.37. The highest BCUT2D eigenvalue weighted by Gasteiger charge is 2.15. The van der Waals surface area contributed by atoms with Gasteiger partial charge >= 0.3 is 0 Å². The highest BCUT2D eigenvalue weighted by molar-refractivity contribution is 5.95.